The fourth-order valence-electron chi connectivity index (χ4n) is 2.73. The molecule has 2 unspecified atom stereocenters. The molecule has 0 aromatic heterocycles. The van der Waals surface area contributed by atoms with E-state index in [4.69, 9.17) is 5.73 Å². The van der Waals surface area contributed by atoms with Crippen LogP contribution in [0.25, 0.3) is 0 Å². The molecule has 21 heavy (non-hydrogen) atoms. The maximum absolute atomic E-state index is 12.0. The summed E-state index contributed by atoms with van der Waals surface area (Å²) >= 11 is 0. The molecule has 0 amide bonds. The zero-order chi connectivity index (χ0) is 14.4. The molecule has 1 aromatic carbocycles. The van der Waals surface area contributed by atoms with Crippen LogP contribution in [0.15, 0.2) is 30.3 Å². The van der Waals surface area contributed by atoms with Gasteiger partial charge in [0.25, 0.3) is 0 Å². The summed E-state index contributed by atoms with van der Waals surface area (Å²) in [5.74, 6) is 0.542. The zero-order valence-electron chi connectivity index (χ0n) is 12.2. The van der Waals surface area contributed by atoms with Crippen LogP contribution in [0.1, 0.15) is 31.2 Å². The molecule has 120 valence electrons. The van der Waals surface area contributed by atoms with Gasteiger partial charge in [-0.15, -0.1) is 12.4 Å². The van der Waals surface area contributed by atoms with E-state index in [0.29, 0.717) is 18.9 Å². The van der Waals surface area contributed by atoms with Gasteiger partial charge in [0.15, 0.2) is 0 Å². The van der Waals surface area contributed by atoms with E-state index in [0.717, 1.165) is 31.2 Å². The smallest absolute Gasteiger partial charge is 0.211 e. The lowest BCUT2D eigenvalue weighted by molar-refractivity contribution is 0.322. The van der Waals surface area contributed by atoms with Gasteiger partial charge in [-0.1, -0.05) is 36.8 Å². The third-order valence-corrected chi connectivity index (χ3v) is 5.27. The number of benzene rings is 1. The Morgan fingerprint density at radius 1 is 1.19 bits per heavy atom. The third kappa shape index (κ3) is 6.78. The Morgan fingerprint density at radius 2 is 1.90 bits per heavy atom. The van der Waals surface area contributed by atoms with Crippen molar-refractivity contribution in [3.8, 4) is 0 Å². The van der Waals surface area contributed by atoms with E-state index < -0.39 is 10.0 Å². The van der Waals surface area contributed by atoms with Crippen LogP contribution >= 0.6 is 12.4 Å². The van der Waals surface area contributed by atoms with Crippen LogP contribution < -0.4 is 10.5 Å². The molecule has 6 heteroatoms. The monoisotopic (exact) mass is 332 g/mol. The van der Waals surface area contributed by atoms with Crippen molar-refractivity contribution in [1.82, 2.24) is 4.72 Å². The Morgan fingerprint density at radius 3 is 2.57 bits per heavy atom. The van der Waals surface area contributed by atoms with E-state index >= 15 is 0 Å². The lowest BCUT2D eigenvalue weighted by Gasteiger charge is -2.26. The number of rotatable bonds is 6. The first-order valence-corrected chi connectivity index (χ1v) is 8.97. The summed E-state index contributed by atoms with van der Waals surface area (Å²) in [6.45, 7) is 0.533. The Hall–Kier alpha value is -0.620. The van der Waals surface area contributed by atoms with Crippen molar-refractivity contribution in [3.05, 3.63) is 35.9 Å². The molecule has 0 spiro atoms. The van der Waals surface area contributed by atoms with Crippen LogP contribution in [0.3, 0.4) is 0 Å². The van der Waals surface area contributed by atoms with Gasteiger partial charge in [0.05, 0.1) is 5.75 Å². The number of nitrogens with two attached hydrogens (primary N) is 1. The number of hydrogen-bond acceptors (Lipinski definition) is 3. The van der Waals surface area contributed by atoms with Crippen molar-refractivity contribution in [3.63, 3.8) is 0 Å². The van der Waals surface area contributed by atoms with Crippen molar-refractivity contribution in [2.24, 2.45) is 11.7 Å². The highest BCUT2D eigenvalue weighted by molar-refractivity contribution is 7.89. The Bertz CT molecular complexity index is 508. The third-order valence-electron chi connectivity index (χ3n) is 3.92. The van der Waals surface area contributed by atoms with Gasteiger partial charge >= 0.3 is 0 Å². The van der Waals surface area contributed by atoms with Crippen LogP contribution in [-0.2, 0) is 16.4 Å². The molecule has 0 aliphatic heterocycles. The normalized spacial score (nSPS) is 22.5. The van der Waals surface area contributed by atoms with Gasteiger partial charge in [0.2, 0.25) is 10.0 Å². The van der Waals surface area contributed by atoms with Gasteiger partial charge < -0.3 is 5.73 Å². The van der Waals surface area contributed by atoms with E-state index in [-0.39, 0.29) is 24.2 Å². The molecule has 0 radical (unpaired) electrons. The second-order valence-electron chi connectivity index (χ2n) is 5.70. The topological polar surface area (TPSA) is 72.2 Å². The molecule has 1 fully saturated rings. The summed E-state index contributed by atoms with van der Waals surface area (Å²) in [6.07, 6.45) is 4.74. The van der Waals surface area contributed by atoms with E-state index in [9.17, 15) is 8.42 Å². The minimum Gasteiger partial charge on any atom is -0.328 e. The second-order valence-corrected chi connectivity index (χ2v) is 7.62. The maximum Gasteiger partial charge on any atom is 0.211 e. The number of hydrogen-bond donors (Lipinski definition) is 2. The number of sulfonamides is 1. The van der Waals surface area contributed by atoms with Crippen molar-refractivity contribution in [2.45, 2.75) is 38.1 Å². The molecule has 0 saturated heterocycles. The molecule has 1 aliphatic carbocycles. The predicted octanol–water partition coefficient (Wildman–Crippen LogP) is 2.09. The lowest BCUT2D eigenvalue weighted by atomic mass is 9.86. The predicted molar refractivity (Wildman–Crippen MR) is 89.1 cm³/mol. The first kappa shape index (κ1) is 18.4. The summed E-state index contributed by atoms with van der Waals surface area (Å²) in [7, 11) is -3.19. The van der Waals surface area contributed by atoms with Gasteiger partial charge in [-0.05, 0) is 37.2 Å². The Labute approximate surface area is 134 Å². The highest BCUT2D eigenvalue weighted by Crippen LogP contribution is 2.22. The second kappa shape index (κ2) is 8.73. The SMILES string of the molecule is Cl.NC1CCCC(CNS(=O)(=O)CCc2ccccc2)C1. The van der Waals surface area contributed by atoms with Crippen molar-refractivity contribution in [1.29, 1.82) is 0 Å². The van der Waals surface area contributed by atoms with Crippen molar-refractivity contribution >= 4 is 22.4 Å². The molecule has 4 nitrogen and oxygen atoms in total. The van der Waals surface area contributed by atoms with E-state index in [1.807, 2.05) is 30.3 Å². The molecule has 1 aliphatic rings. The number of halogens is 1. The Balaban J connectivity index is 0.00000220. The van der Waals surface area contributed by atoms with Crippen LogP contribution in [0.2, 0.25) is 0 Å². The quantitative estimate of drug-likeness (QED) is 0.837. The van der Waals surface area contributed by atoms with Crippen molar-refractivity contribution < 1.29 is 8.42 Å². The maximum atomic E-state index is 12.0. The lowest BCUT2D eigenvalue weighted by Crippen LogP contribution is -2.36. The largest absolute Gasteiger partial charge is 0.328 e. The molecule has 1 aromatic rings. The number of aryl methyl sites for hydroxylation is 1. The fraction of sp³-hybridized carbons (Fsp3) is 0.600. The van der Waals surface area contributed by atoms with E-state index in [1.165, 1.54) is 0 Å². The van der Waals surface area contributed by atoms with Crippen LogP contribution in [0.5, 0.6) is 0 Å². The van der Waals surface area contributed by atoms with E-state index in [1.54, 1.807) is 0 Å². The first-order chi connectivity index (χ1) is 9.55. The molecular weight excluding hydrogens is 308 g/mol. The summed E-state index contributed by atoms with van der Waals surface area (Å²) in [5, 5.41) is 0. The molecule has 0 heterocycles. The minimum absolute atomic E-state index is 0. The molecule has 1 saturated carbocycles. The van der Waals surface area contributed by atoms with Gasteiger partial charge in [-0.3, -0.25) is 0 Å². The van der Waals surface area contributed by atoms with Crippen LogP contribution in [0, 0.1) is 5.92 Å². The van der Waals surface area contributed by atoms with Gasteiger partial charge in [0, 0.05) is 12.6 Å². The summed E-state index contributed by atoms with van der Waals surface area (Å²) in [5.41, 5.74) is 6.98. The van der Waals surface area contributed by atoms with Crippen LogP contribution in [-0.4, -0.2) is 26.8 Å². The molecule has 2 atom stereocenters. The zero-order valence-corrected chi connectivity index (χ0v) is 13.8. The van der Waals surface area contributed by atoms with Crippen LogP contribution in [0.4, 0.5) is 0 Å². The van der Waals surface area contributed by atoms with Gasteiger partial charge in [-0.2, -0.15) is 0 Å². The van der Waals surface area contributed by atoms with Gasteiger partial charge in [0.1, 0.15) is 0 Å². The summed E-state index contributed by atoms with van der Waals surface area (Å²) < 4.78 is 26.7. The summed E-state index contributed by atoms with van der Waals surface area (Å²) in [4.78, 5) is 0. The van der Waals surface area contributed by atoms with Gasteiger partial charge in [-0.25, -0.2) is 13.1 Å². The fourth-order valence-corrected chi connectivity index (χ4v) is 3.87. The molecule has 0 bridgehead atoms. The highest BCUT2D eigenvalue weighted by atomic mass is 35.5. The number of nitrogens with one attached hydrogen (secondary N) is 1. The first-order valence-electron chi connectivity index (χ1n) is 7.32. The van der Waals surface area contributed by atoms with E-state index in [2.05, 4.69) is 4.72 Å². The molecule has 2 rings (SSSR count). The molecular formula is C15H25ClN2O2S. The average molecular weight is 333 g/mol. The summed E-state index contributed by atoms with van der Waals surface area (Å²) in [6, 6.07) is 9.94. The Kier molecular flexibility index (Phi) is 7.66. The minimum atomic E-state index is -3.19. The molecule has 3 N–H and O–H groups in total. The highest BCUT2D eigenvalue weighted by Gasteiger charge is 2.21. The standard InChI is InChI=1S/C15H24N2O2S.ClH/c16-15-8-4-7-14(11-15)12-17-20(18,19)10-9-13-5-2-1-3-6-13;/h1-3,5-6,14-15,17H,4,7-12,16H2;1H. The average Bonchev–Trinajstić information content (AvgIpc) is 2.45. The van der Waals surface area contributed by atoms with Crippen molar-refractivity contribution in [2.75, 3.05) is 12.3 Å².